The van der Waals surface area contributed by atoms with E-state index >= 15 is 0 Å². The quantitative estimate of drug-likeness (QED) is 0.588. The zero-order valence-corrected chi connectivity index (χ0v) is 9.95. The minimum Gasteiger partial charge on any atom is -0.393 e. The molecule has 0 radical (unpaired) electrons. The van der Waals surface area contributed by atoms with Gasteiger partial charge in [-0.3, -0.25) is 4.79 Å². The van der Waals surface area contributed by atoms with Gasteiger partial charge in [-0.2, -0.15) is 0 Å². The molecular formula is C12H24N2O2. The maximum absolute atomic E-state index is 11.4. The highest BCUT2D eigenvalue weighted by atomic mass is 16.3. The van der Waals surface area contributed by atoms with E-state index in [2.05, 4.69) is 5.32 Å². The monoisotopic (exact) mass is 228 g/mol. The third-order valence-corrected chi connectivity index (χ3v) is 3.20. The predicted molar refractivity (Wildman–Crippen MR) is 63.9 cm³/mol. The molecule has 16 heavy (non-hydrogen) atoms. The van der Waals surface area contributed by atoms with Crippen molar-refractivity contribution >= 4 is 5.91 Å². The Kier molecular flexibility index (Phi) is 6.42. The van der Waals surface area contributed by atoms with Crippen molar-refractivity contribution in [2.75, 3.05) is 13.1 Å². The van der Waals surface area contributed by atoms with E-state index in [-0.39, 0.29) is 12.0 Å². The van der Waals surface area contributed by atoms with Gasteiger partial charge in [-0.05, 0) is 44.6 Å². The second-order valence-corrected chi connectivity index (χ2v) is 4.74. The Morgan fingerprint density at radius 1 is 1.38 bits per heavy atom. The standard InChI is InChI=1S/C12H24N2O2/c13-7-2-1-6-12(16)14-9-10-4-3-5-11(15)8-10/h10-11,15H,1-9,13H2,(H,14,16). The van der Waals surface area contributed by atoms with Gasteiger partial charge in [-0.15, -0.1) is 0 Å². The fraction of sp³-hybridized carbons (Fsp3) is 0.917. The lowest BCUT2D eigenvalue weighted by Gasteiger charge is -2.25. The van der Waals surface area contributed by atoms with Crippen LogP contribution in [0.2, 0.25) is 0 Å². The molecular weight excluding hydrogens is 204 g/mol. The van der Waals surface area contributed by atoms with Crippen molar-refractivity contribution in [2.24, 2.45) is 11.7 Å². The normalized spacial score (nSPS) is 25.4. The Bertz CT molecular complexity index is 209. The second-order valence-electron chi connectivity index (χ2n) is 4.74. The van der Waals surface area contributed by atoms with Crippen molar-refractivity contribution in [3.8, 4) is 0 Å². The highest BCUT2D eigenvalue weighted by Gasteiger charge is 2.20. The summed E-state index contributed by atoms with van der Waals surface area (Å²) >= 11 is 0. The molecule has 1 saturated carbocycles. The lowest BCUT2D eigenvalue weighted by Crippen LogP contribution is -2.32. The number of carbonyl (C=O) groups excluding carboxylic acids is 1. The largest absolute Gasteiger partial charge is 0.393 e. The SMILES string of the molecule is NCCCCC(=O)NCC1CCCC(O)C1. The molecule has 1 fully saturated rings. The number of aliphatic hydroxyl groups excluding tert-OH is 1. The molecule has 4 heteroatoms. The molecule has 4 nitrogen and oxygen atoms in total. The van der Waals surface area contributed by atoms with E-state index in [4.69, 9.17) is 5.73 Å². The lowest BCUT2D eigenvalue weighted by molar-refractivity contribution is -0.121. The van der Waals surface area contributed by atoms with E-state index in [0.717, 1.165) is 45.1 Å². The van der Waals surface area contributed by atoms with Gasteiger partial charge in [0.2, 0.25) is 5.91 Å². The van der Waals surface area contributed by atoms with Crippen LogP contribution in [0.15, 0.2) is 0 Å². The number of nitrogens with one attached hydrogen (secondary N) is 1. The fourth-order valence-electron chi connectivity index (χ4n) is 2.22. The maximum atomic E-state index is 11.4. The molecule has 0 aromatic carbocycles. The first-order valence-electron chi connectivity index (χ1n) is 6.37. The number of rotatable bonds is 6. The van der Waals surface area contributed by atoms with Gasteiger partial charge in [0.05, 0.1) is 6.10 Å². The molecule has 1 amide bonds. The van der Waals surface area contributed by atoms with Crippen LogP contribution in [-0.4, -0.2) is 30.2 Å². The third-order valence-electron chi connectivity index (χ3n) is 3.20. The van der Waals surface area contributed by atoms with E-state index < -0.39 is 0 Å². The Hall–Kier alpha value is -0.610. The summed E-state index contributed by atoms with van der Waals surface area (Å²) in [5.74, 6) is 0.579. The van der Waals surface area contributed by atoms with Crippen LogP contribution in [0.5, 0.6) is 0 Å². The van der Waals surface area contributed by atoms with Gasteiger partial charge in [0.15, 0.2) is 0 Å². The fourth-order valence-corrected chi connectivity index (χ4v) is 2.22. The molecule has 0 heterocycles. The molecule has 1 rings (SSSR count). The molecule has 94 valence electrons. The molecule has 2 unspecified atom stereocenters. The van der Waals surface area contributed by atoms with Crippen LogP contribution in [0.4, 0.5) is 0 Å². The summed E-state index contributed by atoms with van der Waals surface area (Å²) < 4.78 is 0. The van der Waals surface area contributed by atoms with Gasteiger partial charge in [0.1, 0.15) is 0 Å². The van der Waals surface area contributed by atoms with E-state index in [1.165, 1.54) is 0 Å². The highest BCUT2D eigenvalue weighted by Crippen LogP contribution is 2.23. The molecule has 1 aliphatic carbocycles. The van der Waals surface area contributed by atoms with Gasteiger partial charge in [0.25, 0.3) is 0 Å². The highest BCUT2D eigenvalue weighted by molar-refractivity contribution is 5.75. The average Bonchev–Trinajstić information content (AvgIpc) is 2.27. The van der Waals surface area contributed by atoms with Crippen LogP contribution in [0, 0.1) is 5.92 Å². The second kappa shape index (κ2) is 7.63. The van der Waals surface area contributed by atoms with Gasteiger partial charge >= 0.3 is 0 Å². The topological polar surface area (TPSA) is 75.4 Å². The molecule has 1 aliphatic rings. The van der Waals surface area contributed by atoms with Gasteiger partial charge in [-0.25, -0.2) is 0 Å². The van der Waals surface area contributed by atoms with E-state index in [1.54, 1.807) is 0 Å². The Morgan fingerprint density at radius 2 is 2.19 bits per heavy atom. The number of hydrogen-bond donors (Lipinski definition) is 3. The summed E-state index contributed by atoms with van der Waals surface area (Å²) in [6.45, 7) is 1.38. The molecule has 0 aromatic rings. The zero-order valence-electron chi connectivity index (χ0n) is 9.95. The van der Waals surface area contributed by atoms with Crippen LogP contribution in [-0.2, 0) is 4.79 Å². The van der Waals surface area contributed by atoms with Gasteiger partial charge in [-0.1, -0.05) is 6.42 Å². The lowest BCUT2D eigenvalue weighted by atomic mass is 9.87. The summed E-state index contributed by atoms with van der Waals surface area (Å²) in [7, 11) is 0. The molecule has 0 aliphatic heterocycles. The van der Waals surface area contributed by atoms with Crippen LogP contribution in [0.3, 0.4) is 0 Å². The molecule has 2 atom stereocenters. The summed E-state index contributed by atoms with van der Waals surface area (Å²) in [6.07, 6.45) is 6.16. The van der Waals surface area contributed by atoms with Crippen molar-refractivity contribution in [3.63, 3.8) is 0 Å². The predicted octanol–water partition coefficient (Wildman–Crippen LogP) is 0.783. The van der Waals surface area contributed by atoms with Crippen LogP contribution in [0.25, 0.3) is 0 Å². The van der Waals surface area contributed by atoms with Crippen LogP contribution >= 0.6 is 0 Å². The molecule has 0 spiro atoms. The number of hydrogen-bond acceptors (Lipinski definition) is 3. The van der Waals surface area contributed by atoms with Crippen molar-refractivity contribution < 1.29 is 9.90 Å². The summed E-state index contributed by atoms with van der Waals surface area (Å²) in [4.78, 5) is 11.4. The average molecular weight is 228 g/mol. The third kappa shape index (κ3) is 5.47. The Labute approximate surface area is 97.6 Å². The molecule has 0 saturated heterocycles. The number of nitrogens with two attached hydrogens (primary N) is 1. The molecule has 4 N–H and O–H groups in total. The van der Waals surface area contributed by atoms with Crippen molar-refractivity contribution in [2.45, 2.75) is 51.0 Å². The smallest absolute Gasteiger partial charge is 0.220 e. The van der Waals surface area contributed by atoms with E-state index in [9.17, 15) is 9.90 Å². The number of unbranched alkanes of at least 4 members (excludes halogenated alkanes) is 1. The summed E-state index contributed by atoms with van der Waals surface area (Å²) in [6, 6.07) is 0. The summed E-state index contributed by atoms with van der Waals surface area (Å²) in [5, 5.41) is 12.4. The van der Waals surface area contributed by atoms with Gasteiger partial charge in [0, 0.05) is 13.0 Å². The maximum Gasteiger partial charge on any atom is 0.220 e. The number of aliphatic hydroxyl groups is 1. The van der Waals surface area contributed by atoms with Crippen molar-refractivity contribution in [3.05, 3.63) is 0 Å². The van der Waals surface area contributed by atoms with E-state index in [1.807, 2.05) is 0 Å². The van der Waals surface area contributed by atoms with Gasteiger partial charge < -0.3 is 16.2 Å². The van der Waals surface area contributed by atoms with Crippen LogP contribution < -0.4 is 11.1 Å². The first kappa shape index (κ1) is 13.5. The minimum absolute atomic E-state index is 0.119. The van der Waals surface area contributed by atoms with Crippen molar-refractivity contribution in [1.29, 1.82) is 0 Å². The number of carbonyl (C=O) groups is 1. The number of amides is 1. The first-order valence-corrected chi connectivity index (χ1v) is 6.37. The van der Waals surface area contributed by atoms with E-state index in [0.29, 0.717) is 18.9 Å². The Balaban J connectivity index is 2.06. The minimum atomic E-state index is -0.159. The van der Waals surface area contributed by atoms with Crippen LogP contribution in [0.1, 0.15) is 44.9 Å². The summed E-state index contributed by atoms with van der Waals surface area (Å²) in [5.41, 5.74) is 5.36. The molecule has 0 aromatic heterocycles. The van der Waals surface area contributed by atoms with Crippen molar-refractivity contribution in [1.82, 2.24) is 5.32 Å². The zero-order chi connectivity index (χ0) is 11.8. The first-order chi connectivity index (χ1) is 7.72. The Morgan fingerprint density at radius 3 is 2.88 bits per heavy atom. The molecule has 0 bridgehead atoms.